The van der Waals surface area contributed by atoms with Crippen LogP contribution in [0, 0.1) is 0 Å². The third kappa shape index (κ3) is 5.73. The molecule has 2 heterocycles. The smallest absolute Gasteiger partial charge is 0.262 e. The number of aromatic nitrogens is 4. The van der Waals surface area contributed by atoms with Gasteiger partial charge < -0.3 is 10.1 Å². The third-order valence-electron chi connectivity index (χ3n) is 6.28. The Labute approximate surface area is 200 Å². The number of para-hydroxylation sites is 1. The molecule has 0 radical (unpaired) electrons. The number of nitrogens with one attached hydrogen (secondary N) is 1. The van der Waals surface area contributed by atoms with Crippen LogP contribution in [-0.4, -0.2) is 44.3 Å². The molecule has 1 N–H and O–H groups in total. The van der Waals surface area contributed by atoms with E-state index in [4.69, 9.17) is 4.74 Å². The highest BCUT2D eigenvalue weighted by atomic mass is 16.5. The first-order valence-corrected chi connectivity index (χ1v) is 12.5. The van der Waals surface area contributed by atoms with Crippen molar-refractivity contribution in [3.05, 3.63) is 52.1 Å². The lowest BCUT2D eigenvalue weighted by molar-refractivity contribution is -0.121. The Bertz CT molecular complexity index is 1220. The molecule has 1 amide bonds. The van der Waals surface area contributed by atoms with E-state index in [2.05, 4.69) is 21.6 Å². The van der Waals surface area contributed by atoms with E-state index in [0.717, 1.165) is 24.8 Å². The van der Waals surface area contributed by atoms with E-state index >= 15 is 0 Å². The first-order chi connectivity index (χ1) is 16.5. The van der Waals surface area contributed by atoms with E-state index in [-0.39, 0.29) is 17.6 Å². The Morgan fingerprint density at radius 2 is 2.03 bits per heavy atom. The van der Waals surface area contributed by atoms with Gasteiger partial charge in [-0.15, -0.1) is 10.2 Å². The van der Waals surface area contributed by atoms with Crippen LogP contribution in [0.4, 0.5) is 0 Å². The number of ether oxygens (including phenoxy) is 1. The van der Waals surface area contributed by atoms with Gasteiger partial charge in [0.2, 0.25) is 11.7 Å². The summed E-state index contributed by atoms with van der Waals surface area (Å²) in [7, 11) is 0. The molecule has 0 atom stereocenters. The topological polar surface area (TPSA) is 90.5 Å². The minimum Gasteiger partial charge on any atom is -0.379 e. The molecule has 4 rings (SSSR count). The normalized spacial score (nSPS) is 14.1. The van der Waals surface area contributed by atoms with Crippen LogP contribution in [0.3, 0.4) is 0 Å². The molecule has 3 aromatic rings. The molecule has 1 aliphatic rings. The maximum absolute atomic E-state index is 13.2. The van der Waals surface area contributed by atoms with E-state index in [1.165, 1.54) is 18.4 Å². The molecule has 182 valence electrons. The molecule has 0 unspecified atom stereocenters. The number of benzene rings is 1. The molecule has 1 aliphatic carbocycles. The average Bonchev–Trinajstić information content (AvgIpc) is 3.27. The van der Waals surface area contributed by atoms with Crippen LogP contribution in [0.5, 0.6) is 0 Å². The number of fused-ring (bicyclic) bond motifs is 3. The van der Waals surface area contributed by atoms with Crippen LogP contribution in [-0.2, 0) is 22.5 Å². The second-order valence-electron chi connectivity index (χ2n) is 9.21. The van der Waals surface area contributed by atoms with E-state index in [1.54, 1.807) is 4.57 Å². The average molecular weight is 466 g/mol. The van der Waals surface area contributed by atoms with Crippen molar-refractivity contribution in [1.82, 2.24) is 24.5 Å². The molecule has 2 aromatic heterocycles. The van der Waals surface area contributed by atoms with Crippen LogP contribution in [0.1, 0.15) is 64.6 Å². The summed E-state index contributed by atoms with van der Waals surface area (Å²) in [5.74, 6) is 1.20. The fraction of sp³-hybridized carbons (Fsp3) is 0.538. The van der Waals surface area contributed by atoms with Crippen molar-refractivity contribution in [3.8, 4) is 0 Å². The molecular weight excluding hydrogens is 430 g/mol. The van der Waals surface area contributed by atoms with Gasteiger partial charge in [0.1, 0.15) is 5.82 Å². The first kappa shape index (κ1) is 24.1. The Morgan fingerprint density at radius 3 is 2.82 bits per heavy atom. The van der Waals surface area contributed by atoms with Gasteiger partial charge in [-0.05, 0) is 64.5 Å². The number of allylic oxidation sites excluding steroid dienone is 1. The highest BCUT2D eigenvalue weighted by molar-refractivity contribution is 5.80. The van der Waals surface area contributed by atoms with Gasteiger partial charge in [0.15, 0.2) is 0 Å². The molecule has 0 bridgehead atoms. The van der Waals surface area contributed by atoms with E-state index in [0.29, 0.717) is 55.9 Å². The number of hydrogen-bond donors (Lipinski definition) is 1. The summed E-state index contributed by atoms with van der Waals surface area (Å²) in [5.41, 5.74) is 2.14. The van der Waals surface area contributed by atoms with Crippen molar-refractivity contribution < 1.29 is 9.53 Å². The molecule has 1 aromatic carbocycles. The van der Waals surface area contributed by atoms with Crippen LogP contribution in [0.2, 0.25) is 0 Å². The highest BCUT2D eigenvalue weighted by Crippen LogP contribution is 2.19. The Kier molecular flexibility index (Phi) is 8.11. The summed E-state index contributed by atoms with van der Waals surface area (Å²) in [6.07, 6.45) is 9.72. The summed E-state index contributed by atoms with van der Waals surface area (Å²) in [5, 5.41) is 12.4. The molecular formula is C26H35N5O3. The standard InChI is InChI=1S/C26H35N5O3/c1-19(2)34-18-8-17-30-25(33)21-11-6-7-12-22(21)31-23(28-29-26(30)31)13-14-24(32)27-16-15-20-9-4-3-5-10-20/h6-7,9,11-12,19H,3-5,8,10,13-18H2,1-2H3,(H,27,32). The minimum atomic E-state index is -0.0821. The fourth-order valence-electron chi connectivity index (χ4n) is 4.53. The zero-order valence-corrected chi connectivity index (χ0v) is 20.3. The lowest BCUT2D eigenvalue weighted by Gasteiger charge is -2.13. The van der Waals surface area contributed by atoms with E-state index in [9.17, 15) is 9.59 Å². The van der Waals surface area contributed by atoms with Gasteiger partial charge in [-0.3, -0.25) is 18.6 Å². The summed E-state index contributed by atoms with van der Waals surface area (Å²) < 4.78 is 9.22. The van der Waals surface area contributed by atoms with Crippen molar-refractivity contribution in [3.63, 3.8) is 0 Å². The molecule has 0 fully saturated rings. The van der Waals surface area contributed by atoms with Gasteiger partial charge in [0.25, 0.3) is 5.56 Å². The number of amides is 1. The zero-order valence-electron chi connectivity index (χ0n) is 20.3. The van der Waals surface area contributed by atoms with Gasteiger partial charge in [0.05, 0.1) is 17.0 Å². The minimum absolute atomic E-state index is 0.0108. The van der Waals surface area contributed by atoms with Gasteiger partial charge in [-0.2, -0.15) is 0 Å². The van der Waals surface area contributed by atoms with Crippen LogP contribution >= 0.6 is 0 Å². The SMILES string of the molecule is CC(C)OCCCn1c(=O)c2ccccc2n2c(CCC(=O)NCCC3=CCCCC3)nnc12. The quantitative estimate of drug-likeness (QED) is 0.344. The molecule has 0 spiro atoms. The molecule has 0 saturated heterocycles. The van der Waals surface area contributed by atoms with Gasteiger partial charge in [-0.25, -0.2) is 0 Å². The first-order valence-electron chi connectivity index (χ1n) is 12.5. The zero-order chi connectivity index (χ0) is 23.9. The van der Waals surface area contributed by atoms with Crippen molar-refractivity contribution in [2.45, 2.75) is 77.9 Å². The van der Waals surface area contributed by atoms with Gasteiger partial charge in [0, 0.05) is 32.5 Å². The number of nitrogens with zero attached hydrogens (tertiary/aromatic N) is 4. The van der Waals surface area contributed by atoms with Crippen molar-refractivity contribution in [2.75, 3.05) is 13.2 Å². The Morgan fingerprint density at radius 1 is 1.18 bits per heavy atom. The molecule has 0 aliphatic heterocycles. The number of carbonyl (C=O) groups is 1. The van der Waals surface area contributed by atoms with Crippen LogP contribution in [0.15, 0.2) is 40.7 Å². The number of carbonyl (C=O) groups excluding carboxylic acids is 1. The van der Waals surface area contributed by atoms with E-state index < -0.39 is 0 Å². The summed E-state index contributed by atoms with van der Waals surface area (Å²) in [6.45, 7) is 5.73. The maximum atomic E-state index is 13.2. The second kappa shape index (κ2) is 11.4. The number of rotatable bonds is 11. The van der Waals surface area contributed by atoms with Crippen LogP contribution in [0.25, 0.3) is 16.7 Å². The fourth-order valence-corrected chi connectivity index (χ4v) is 4.53. The second-order valence-corrected chi connectivity index (χ2v) is 9.21. The van der Waals surface area contributed by atoms with E-state index in [1.807, 2.05) is 42.5 Å². The van der Waals surface area contributed by atoms with Gasteiger partial charge >= 0.3 is 0 Å². The largest absolute Gasteiger partial charge is 0.379 e. The third-order valence-corrected chi connectivity index (χ3v) is 6.28. The molecule has 8 heteroatoms. The van der Waals surface area contributed by atoms with Crippen molar-refractivity contribution >= 4 is 22.6 Å². The van der Waals surface area contributed by atoms with Crippen LogP contribution < -0.4 is 10.9 Å². The Hall–Kier alpha value is -3.00. The maximum Gasteiger partial charge on any atom is 0.262 e. The predicted molar refractivity (Wildman–Crippen MR) is 133 cm³/mol. The summed E-state index contributed by atoms with van der Waals surface area (Å²) >= 11 is 0. The molecule has 8 nitrogen and oxygen atoms in total. The van der Waals surface area contributed by atoms with Crippen molar-refractivity contribution in [1.29, 1.82) is 0 Å². The van der Waals surface area contributed by atoms with Crippen molar-refractivity contribution in [2.24, 2.45) is 0 Å². The molecule has 0 saturated carbocycles. The predicted octanol–water partition coefficient (Wildman–Crippen LogP) is 3.80. The monoisotopic (exact) mass is 465 g/mol. The summed E-state index contributed by atoms with van der Waals surface area (Å²) in [6, 6.07) is 7.49. The molecule has 34 heavy (non-hydrogen) atoms. The lowest BCUT2D eigenvalue weighted by atomic mass is 9.97. The number of aryl methyl sites for hydroxylation is 2. The lowest BCUT2D eigenvalue weighted by Crippen LogP contribution is -2.26. The Balaban J connectivity index is 1.48. The summed E-state index contributed by atoms with van der Waals surface area (Å²) in [4.78, 5) is 25.6. The highest BCUT2D eigenvalue weighted by Gasteiger charge is 2.17. The van der Waals surface area contributed by atoms with Gasteiger partial charge in [-0.1, -0.05) is 23.8 Å². The number of hydrogen-bond acceptors (Lipinski definition) is 5.